The van der Waals surface area contributed by atoms with Gasteiger partial charge in [-0.25, -0.2) is 0 Å². The summed E-state index contributed by atoms with van der Waals surface area (Å²) in [5.74, 6) is 0. The molecule has 21 valence electrons. The van der Waals surface area contributed by atoms with Crippen LogP contribution in [0.4, 0.5) is 0 Å². The molecule has 0 aromatic carbocycles. The molecule has 0 aromatic rings. The first-order valence-electron chi connectivity index (χ1n) is 0. The van der Waals surface area contributed by atoms with Crippen molar-refractivity contribution < 1.29 is 11.0 Å². The van der Waals surface area contributed by atoms with Crippen LogP contribution >= 0.6 is 9.90 Å². The van der Waals surface area contributed by atoms with Crippen molar-refractivity contribution in [3.05, 3.63) is 0 Å². The van der Waals surface area contributed by atoms with Crippen LogP contribution in [-0.2, 0) is 11.0 Å². The third kappa shape index (κ3) is 11.0. The smallest absolute Gasteiger partial charge is 2.00 e. The van der Waals surface area contributed by atoms with Gasteiger partial charge in [-0.1, -0.05) is 0 Å². The second kappa shape index (κ2) is 31.2. The summed E-state index contributed by atoms with van der Waals surface area (Å²) in [5, 5.41) is 0. The van der Waals surface area contributed by atoms with Gasteiger partial charge in [0.25, 0.3) is 0 Å². The largest absolute Gasteiger partial charge is 4.00 e. The van der Waals surface area contributed by atoms with Crippen molar-refractivity contribution in [1.82, 2.24) is 0 Å². The molecule has 0 saturated carbocycles. The zero-order chi connectivity index (χ0) is 0. The number of hydrogen-bond acceptors (Lipinski definition) is 0. The Balaban J connectivity index is 0. The van der Waals surface area contributed by atoms with Crippen LogP contribution in [0.3, 0.4) is 0 Å². The van der Waals surface area contributed by atoms with Crippen LogP contribution in [0.1, 0.15) is 0 Å². The van der Waals surface area contributed by atoms with Crippen LogP contribution < -0.4 is 0 Å². The molecule has 0 unspecified atom stereocenters. The van der Waals surface area contributed by atoms with Gasteiger partial charge in [-0.15, -0.1) is 0 Å². The van der Waals surface area contributed by atoms with Gasteiger partial charge < -0.3 is 11.0 Å². The molecule has 0 saturated heterocycles. The van der Waals surface area contributed by atoms with E-state index in [2.05, 4.69) is 0 Å². The Labute approximate surface area is 45.2 Å². The summed E-state index contributed by atoms with van der Waals surface area (Å²) >= 11 is 0. The molecule has 0 atom stereocenters. The van der Waals surface area contributed by atoms with Gasteiger partial charge in [0.1, 0.15) is 0 Å². The van der Waals surface area contributed by atoms with Gasteiger partial charge in [0.05, 0.1) is 0 Å². The fourth-order valence-electron chi connectivity index (χ4n) is 0. The topological polar surface area (TPSA) is 57.0 Å². The maximum atomic E-state index is 0. The molecule has 0 rings (SSSR count). The number of rotatable bonds is 0. The zero-order valence-electron chi connectivity index (χ0n) is 1.76. The van der Waals surface area contributed by atoms with E-state index in [0.29, 0.717) is 0 Å². The summed E-state index contributed by atoms with van der Waals surface area (Å²) in [5.41, 5.74) is 0. The first kappa shape index (κ1) is 67.2. The Kier molecular flexibility index (Phi) is 523. The maximum absolute atomic E-state index is 0. The van der Waals surface area contributed by atoms with Crippen LogP contribution in [0.15, 0.2) is 0 Å². The summed E-state index contributed by atoms with van der Waals surface area (Å²) in [6, 6.07) is 0. The minimum atomic E-state index is 0. The standard InChI is InChI=1S/2O.P.Sn/q2*-2;;+4. The van der Waals surface area contributed by atoms with Crippen molar-refractivity contribution >= 4 is 33.8 Å². The van der Waals surface area contributed by atoms with E-state index in [4.69, 9.17) is 0 Å². The van der Waals surface area contributed by atoms with E-state index in [-0.39, 0.29) is 44.8 Å². The summed E-state index contributed by atoms with van der Waals surface area (Å²) in [6.45, 7) is 0. The molecule has 0 N–H and O–H groups in total. The van der Waals surface area contributed by atoms with Gasteiger partial charge in [-0.2, -0.15) is 0 Å². The summed E-state index contributed by atoms with van der Waals surface area (Å²) in [7, 11) is 0. The fourth-order valence-corrected chi connectivity index (χ4v) is 0. The number of hydrogen-bond donors (Lipinski definition) is 0. The van der Waals surface area contributed by atoms with Crippen molar-refractivity contribution in [3.8, 4) is 0 Å². The normalized spacial score (nSPS) is 0. The van der Waals surface area contributed by atoms with Crippen LogP contribution in [0.2, 0.25) is 0 Å². The van der Waals surface area contributed by atoms with Gasteiger partial charge in [0.2, 0.25) is 0 Å². The van der Waals surface area contributed by atoms with Crippen LogP contribution in [0.5, 0.6) is 0 Å². The van der Waals surface area contributed by atoms with Crippen LogP contribution in [-0.4, -0.2) is 23.9 Å². The predicted octanol–water partition coefficient (Wildman–Crippen LogP) is 0.243. The summed E-state index contributed by atoms with van der Waals surface area (Å²) in [6.07, 6.45) is 0. The van der Waals surface area contributed by atoms with E-state index in [9.17, 15) is 0 Å². The molecular weight excluding hydrogens is 182 g/mol. The molecule has 0 aliphatic carbocycles. The SMILES string of the molecule is [O-2].[O-2].[P].[Sn+4]. The first-order valence-corrected chi connectivity index (χ1v) is 0. The van der Waals surface area contributed by atoms with Crippen molar-refractivity contribution in [2.45, 2.75) is 0 Å². The van der Waals surface area contributed by atoms with Gasteiger partial charge in [0, 0.05) is 9.90 Å². The molecule has 0 fully saturated rings. The molecule has 2 nitrogen and oxygen atoms in total. The molecule has 0 aliphatic heterocycles. The fraction of sp³-hybridized carbons (Fsp3) is 0. The third-order valence-corrected chi connectivity index (χ3v) is 0. The van der Waals surface area contributed by atoms with Gasteiger partial charge >= 0.3 is 23.9 Å². The van der Waals surface area contributed by atoms with Gasteiger partial charge in [0.15, 0.2) is 0 Å². The monoisotopic (exact) mass is 183 g/mol. The first-order chi connectivity index (χ1) is 0. The zero-order valence-corrected chi connectivity index (χ0v) is 5.51. The average molecular weight is 182 g/mol. The van der Waals surface area contributed by atoms with Crippen molar-refractivity contribution in [2.24, 2.45) is 0 Å². The molecule has 0 heterocycles. The summed E-state index contributed by atoms with van der Waals surface area (Å²) < 4.78 is 0. The van der Waals surface area contributed by atoms with E-state index in [1.54, 1.807) is 0 Å². The van der Waals surface area contributed by atoms with Crippen molar-refractivity contribution in [3.63, 3.8) is 0 Å². The molecule has 4 heavy (non-hydrogen) atoms. The van der Waals surface area contributed by atoms with E-state index >= 15 is 0 Å². The van der Waals surface area contributed by atoms with E-state index in [1.165, 1.54) is 0 Å². The van der Waals surface area contributed by atoms with Gasteiger partial charge in [-0.3, -0.25) is 0 Å². The molecule has 0 aliphatic rings. The molecule has 0 amide bonds. The Morgan fingerprint density at radius 3 is 0.750 bits per heavy atom. The minimum Gasteiger partial charge on any atom is -2.00 e. The second-order valence-electron chi connectivity index (χ2n) is 0. The second-order valence-corrected chi connectivity index (χ2v) is 0. The van der Waals surface area contributed by atoms with Crippen LogP contribution in [0, 0.1) is 0 Å². The quantitative estimate of drug-likeness (QED) is 0.380. The van der Waals surface area contributed by atoms with E-state index in [0.717, 1.165) is 0 Å². The Morgan fingerprint density at radius 1 is 0.750 bits per heavy atom. The predicted molar refractivity (Wildman–Crippen MR) is 14.0 cm³/mol. The Bertz CT molecular complexity index is 6.00. The maximum Gasteiger partial charge on any atom is 4.00 e. The molecule has 3 radical (unpaired) electrons. The Morgan fingerprint density at radius 2 is 0.750 bits per heavy atom. The van der Waals surface area contributed by atoms with Gasteiger partial charge in [-0.05, 0) is 0 Å². The average Bonchev–Trinajstić information content (AvgIpc) is 0. The minimum absolute atomic E-state index is 0. The molecule has 0 bridgehead atoms. The molecular formula is O2PSn. The Hall–Kier alpha value is 1.15. The van der Waals surface area contributed by atoms with Crippen molar-refractivity contribution in [1.29, 1.82) is 0 Å². The van der Waals surface area contributed by atoms with E-state index < -0.39 is 0 Å². The third-order valence-electron chi connectivity index (χ3n) is 0. The van der Waals surface area contributed by atoms with Crippen molar-refractivity contribution in [2.75, 3.05) is 0 Å². The molecule has 0 spiro atoms. The molecule has 4 heteroatoms. The summed E-state index contributed by atoms with van der Waals surface area (Å²) in [4.78, 5) is 0. The van der Waals surface area contributed by atoms with Crippen LogP contribution in [0.25, 0.3) is 0 Å². The molecule has 0 aromatic heterocycles. The van der Waals surface area contributed by atoms with E-state index in [1.807, 2.05) is 0 Å².